The predicted molar refractivity (Wildman–Crippen MR) is 495 cm³/mol. The number of methoxy groups -OCH3 is 4. The van der Waals surface area contributed by atoms with Crippen LogP contribution in [-0.4, -0.2) is 167 Å². The van der Waals surface area contributed by atoms with Crippen LogP contribution in [0, 0.1) is 11.8 Å². The number of ether oxygens (including phenoxy) is 16. The Kier molecular flexibility index (Phi) is 44.3. The quantitative estimate of drug-likeness (QED) is 0.0113. The molecule has 2 aliphatic rings. The molecule has 674 valence electrons. The number of aryl methyl sites for hydroxylation is 1. The van der Waals surface area contributed by atoms with E-state index in [2.05, 4.69) is 67.4 Å². The van der Waals surface area contributed by atoms with Gasteiger partial charge in [0.2, 0.25) is 0 Å². The first-order valence-electron chi connectivity index (χ1n) is 42.8. The van der Waals surface area contributed by atoms with Crippen molar-refractivity contribution in [3.8, 4) is 34.5 Å². The molecule has 9 rings (SSSR count). The van der Waals surface area contributed by atoms with Crippen molar-refractivity contribution in [1.29, 1.82) is 0 Å². The summed E-state index contributed by atoms with van der Waals surface area (Å²) in [5.41, 5.74) is 4.93. The van der Waals surface area contributed by atoms with Crippen molar-refractivity contribution in [2.75, 3.05) is 55.2 Å². The van der Waals surface area contributed by atoms with E-state index < -0.39 is 88.2 Å². The van der Waals surface area contributed by atoms with Gasteiger partial charge in [-0.2, -0.15) is 0 Å². The molecule has 11 atom stereocenters. The molecule has 0 bridgehead atoms. The second kappa shape index (κ2) is 53.9. The Bertz CT molecular complexity index is 4470. The number of rotatable bonds is 46. The summed E-state index contributed by atoms with van der Waals surface area (Å²) in [6.07, 6.45) is 1.30. The van der Waals surface area contributed by atoms with Gasteiger partial charge in [0.25, 0.3) is 0 Å². The van der Waals surface area contributed by atoms with Crippen molar-refractivity contribution in [2.24, 2.45) is 11.8 Å². The summed E-state index contributed by atoms with van der Waals surface area (Å²) >= 11 is -0.203. The fourth-order valence-electron chi connectivity index (χ4n) is 13.5. The number of hydrogen-bond acceptors (Lipinski definition) is 22. The number of carbonyl (C=O) groups is 4. The maximum atomic E-state index is 14.4. The molecule has 2 saturated heterocycles. The third kappa shape index (κ3) is 37.2. The van der Waals surface area contributed by atoms with E-state index in [4.69, 9.17) is 86.9 Å². The van der Waals surface area contributed by atoms with Crippen LogP contribution in [0.4, 0.5) is 0 Å². The van der Waals surface area contributed by atoms with Crippen LogP contribution in [0.15, 0.2) is 164 Å². The molecule has 7 aromatic carbocycles. The van der Waals surface area contributed by atoms with Crippen molar-refractivity contribution < 1.29 is 106 Å². The fraction of sp³-hybridized carbons (Fsp3) is 0.511. The van der Waals surface area contributed by atoms with Gasteiger partial charge in [-0.1, -0.05) is 70.2 Å². The van der Waals surface area contributed by atoms with Crippen molar-refractivity contribution >= 4 is 97.2 Å². The molecule has 0 spiro atoms. The molecule has 2 heterocycles. The van der Waals surface area contributed by atoms with Crippen LogP contribution in [0.1, 0.15) is 191 Å². The van der Waals surface area contributed by atoms with Gasteiger partial charge in [-0.25, -0.2) is 18.0 Å². The second-order valence-corrected chi connectivity index (χ2v) is 48.6. The molecule has 7 aromatic rings. The van der Waals surface area contributed by atoms with E-state index in [0.29, 0.717) is 144 Å². The van der Waals surface area contributed by atoms with E-state index in [0.717, 1.165) is 44.7 Å². The van der Waals surface area contributed by atoms with Gasteiger partial charge in [-0.3, -0.25) is 0 Å². The van der Waals surface area contributed by atoms with E-state index in [1.54, 1.807) is 69.9 Å². The van der Waals surface area contributed by atoms with Crippen LogP contribution in [0.5, 0.6) is 34.5 Å². The zero-order valence-corrected chi connectivity index (χ0v) is 82.0. The minimum absolute atomic E-state index is 0.0682. The molecule has 22 nitrogen and oxygen atoms in total. The van der Waals surface area contributed by atoms with Crippen molar-refractivity contribution in [3.05, 3.63) is 208 Å². The Morgan fingerprint density at radius 3 is 1.30 bits per heavy atom. The monoisotopic (exact) mass is 1880 g/mol. The Labute approximate surface area is 751 Å². The standard InChI is InChI=1S/C50H66O10SeSi.C44H62O10Si.2HOPS/c1-10-35(2)21-26-42(58-48(51)37-17-13-11-14-18-37)47-43(59-50(3,4)60-47)27-28-45(61-40-19-15-12-16-20-40)41-31-39(56-33-36-22-24-38(54-6)25-23-36)32-44(57-34-53-5)46(41)49(52)55-29-30-62(7,8)9;1-10-31(2)19-24-37(52-42(45)33-15-12-11-13-16-33)41-38(53-44(3,4)54-41)18-14-17-34-27-36(50-29-32-20-22-35(48-6)23-21-32)28-39(51-30-47-5)40(34)43(46)49-25-26-55(7,8)9;2*1-3-2/h11-20,22-25,31-32,35,42-43,45,47H,10,21,26-30,33-34H2,1-9H3;11-13,15-16,20-23,27-28,31,37-38,41H,10,14,17-19,24-26,29-30H2,1-9H3;2*2H/t35-,42-,43-,45-,47+;31-,37-,38-,41+;;/m00../s1/i2*10T;;/t10-,35-,42-,43-,45-,47+;10-,31-,37-,38-,41+;;. The van der Waals surface area contributed by atoms with E-state index >= 15 is 0 Å². The normalized spacial score (nSPS) is 17.6. The third-order valence-corrected chi connectivity index (χ3v) is 26.5. The van der Waals surface area contributed by atoms with Crippen LogP contribution >= 0.6 is 16.0 Å². The van der Waals surface area contributed by atoms with Gasteiger partial charge < -0.3 is 37.9 Å². The van der Waals surface area contributed by atoms with Gasteiger partial charge in [0.1, 0.15) is 63.3 Å². The Hall–Kier alpha value is -7.43. The maximum absolute atomic E-state index is 14.4. The second-order valence-electron chi connectivity index (χ2n) is 33.3. The molecule has 0 aliphatic carbocycles. The molecule has 123 heavy (non-hydrogen) atoms. The van der Waals surface area contributed by atoms with Crippen LogP contribution in [0.2, 0.25) is 51.4 Å². The Morgan fingerprint density at radius 1 is 0.496 bits per heavy atom. The average Bonchev–Trinajstić information content (AvgIpc) is 1.68. The van der Waals surface area contributed by atoms with Crippen LogP contribution in [0.25, 0.3) is 0 Å². The zero-order valence-electron chi connectivity index (χ0n) is 76.7. The fourth-order valence-corrected chi connectivity index (χ4v) is 17.5. The molecule has 2 fully saturated rings. The first-order valence-corrected chi connectivity index (χ1v) is 54.8. The summed E-state index contributed by atoms with van der Waals surface area (Å²) in [6, 6.07) is 52.4. The molecular weight excluding hydrogens is 1740 g/mol. The number of esters is 4. The van der Waals surface area contributed by atoms with Gasteiger partial charge >= 0.3 is 391 Å². The summed E-state index contributed by atoms with van der Waals surface area (Å²) in [5.74, 6) is -0.284. The third-order valence-electron chi connectivity index (χ3n) is 20.3. The molecular formula is C94H130O22P2S2SeSi2. The molecule has 0 amide bonds. The van der Waals surface area contributed by atoms with E-state index in [9.17, 15) is 19.2 Å². The van der Waals surface area contributed by atoms with E-state index in [1.807, 2.05) is 159 Å². The van der Waals surface area contributed by atoms with Crippen LogP contribution in [0.3, 0.4) is 0 Å². The van der Waals surface area contributed by atoms with Gasteiger partial charge in [-0.15, -0.1) is 0 Å². The SMILES string of the molecule is O=S=P.O=S=P.[3H][C@@H](C)[C@H](C)CC[C@H](OC(=O)c1ccccc1)[C@H]1OC(C)(C)O[C@H]1CCCc1cc(OCc2ccc(OC)cc2)cc(OCOC)c1C(=O)OCC[Si](C)(C)C.[3H][C@@H](C)[C@H](C)CC[C@H](OC(=O)c1ccccc1)[C@H]1OC(C)(C)O[C@H]1CC[C@H]([Se]c1ccccc1)c1cc(OCc2ccc(OC)cc2)cc(OCOC)c1C(=O)OCC[Si](C)(C)C. The first kappa shape index (κ1) is 101. The van der Waals surface area contributed by atoms with Gasteiger partial charge in [0.15, 0.2) is 12.6 Å². The van der Waals surface area contributed by atoms with Gasteiger partial charge in [-0.05, 0) is 115 Å². The van der Waals surface area contributed by atoms with E-state index in [-0.39, 0.29) is 71.2 Å². The van der Waals surface area contributed by atoms with Crippen molar-refractivity contribution in [2.45, 2.75) is 244 Å². The van der Waals surface area contributed by atoms with Crippen LogP contribution < -0.4 is 32.9 Å². The van der Waals surface area contributed by atoms with Crippen molar-refractivity contribution in [3.63, 3.8) is 0 Å². The predicted octanol–water partition coefficient (Wildman–Crippen LogP) is 20.3. The summed E-state index contributed by atoms with van der Waals surface area (Å²) in [7, 11) is 9.03. The number of benzene rings is 7. The van der Waals surface area contributed by atoms with Gasteiger partial charge in [0.05, 0.1) is 25.4 Å². The first-order chi connectivity index (χ1) is 59.5. The Morgan fingerprint density at radius 2 is 0.894 bits per heavy atom. The summed E-state index contributed by atoms with van der Waals surface area (Å²) in [5, 5.41) is 0. The molecule has 0 saturated carbocycles. The molecule has 2 aliphatic heterocycles. The average molecular weight is 1880 g/mol. The summed E-state index contributed by atoms with van der Waals surface area (Å²) < 4.78 is 132. The molecule has 0 unspecified atom stereocenters. The number of carbonyl (C=O) groups excluding carboxylic acids is 4. The van der Waals surface area contributed by atoms with Crippen LogP contribution in [-0.2, 0) is 88.7 Å². The Balaban J connectivity index is 0.000000366. The summed E-state index contributed by atoms with van der Waals surface area (Å²) in [6.45, 7) is 29.8. The number of hydrogen-bond donors (Lipinski definition) is 0. The topological polar surface area (TPSA) is 250 Å². The summed E-state index contributed by atoms with van der Waals surface area (Å²) in [4.78, 5) is 55.1. The van der Waals surface area contributed by atoms with Crippen molar-refractivity contribution in [1.82, 2.24) is 0 Å². The molecule has 0 aromatic heterocycles. The van der Waals surface area contributed by atoms with Gasteiger partial charge in [0, 0.05) is 22.6 Å². The molecule has 0 radical (unpaired) electrons. The molecule has 29 heteroatoms. The molecule has 0 N–H and O–H groups in total. The zero-order chi connectivity index (χ0) is 91.9. The van der Waals surface area contributed by atoms with E-state index in [1.165, 1.54) is 7.11 Å². The minimum atomic E-state index is -1.53.